The topological polar surface area (TPSA) is 36.7 Å². The van der Waals surface area contributed by atoms with Gasteiger partial charge in [0.15, 0.2) is 0 Å². The molecule has 0 aliphatic carbocycles. The Labute approximate surface area is 161 Å². The minimum atomic E-state index is 0.477. The first-order valence-corrected chi connectivity index (χ1v) is 9.22. The molecule has 0 aliphatic rings. The summed E-state index contributed by atoms with van der Waals surface area (Å²) in [5.41, 5.74) is 5.55. The zero-order valence-corrected chi connectivity index (χ0v) is 16.0. The van der Waals surface area contributed by atoms with Crippen LogP contribution in [0.15, 0.2) is 41.8 Å². The van der Waals surface area contributed by atoms with Gasteiger partial charge in [0.1, 0.15) is 11.1 Å². The summed E-state index contributed by atoms with van der Waals surface area (Å²) in [6, 6.07) is 13.7. The van der Waals surface area contributed by atoms with Crippen LogP contribution in [0, 0.1) is 25.2 Å². The predicted octanol–water partition coefficient (Wildman–Crippen LogP) is 6.80. The van der Waals surface area contributed by atoms with Crippen LogP contribution in [0.2, 0.25) is 10.0 Å². The molecular formula is C20H14Cl2N2S. The van der Waals surface area contributed by atoms with Crippen molar-refractivity contribution in [1.82, 2.24) is 4.98 Å². The number of allylic oxidation sites excluding steroid dienone is 1. The molecule has 0 atom stereocenters. The molecule has 3 rings (SSSR count). The van der Waals surface area contributed by atoms with E-state index in [0.717, 1.165) is 16.8 Å². The highest BCUT2D eigenvalue weighted by Crippen LogP contribution is 2.31. The molecule has 5 heteroatoms. The van der Waals surface area contributed by atoms with E-state index < -0.39 is 0 Å². The smallest absolute Gasteiger partial charge is 0.134 e. The summed E-state index contributed by atoms with van der Waals surface area (Å²) in [7, 11) is 0. The molecule has 1 heterocycles. The molecule has 0 bridgehead atoms. The van der Waals surface area contributed by atoms with Gasteiger partial charge < -0.3 is 0 Å². The number of hydrogen-bond acceptors (Lipinski definition) is 3. The standard InChI is InChI=1S/C20H14Cl2N2S/c1-12-3-6-17(13(2)7-12)19-11-25-20(24-19)15(10-23)8-14-4-5-16(21)9-18(14)22/h3-9,11H,1-2H3/b15-8+. The van der Waals surface area contributed by atoms with Crippen molar-refractivity contribution < 1.29 is 0 Å². The molecule has 25 heavy (non-hydrogen) atoms. The number of nitriles is 1. The zero-order chi connectivity index (χ0) is 18.0. The number of aromatic nitrogens is 1. The molecule has 0 aliphatic heterocycles. The number of rotatable bonds is 3. The van der Waals surface area contributed by atoms with Gasteiger partial charge in [0.2, 0.25) is 0 Å². The zero-order valence-electron chi connectivity index (χ0n) is 13.7. The molecule has 2 aromatic carbocycles. The Morgan fingerprint density at radius 3 is 2.64 bits per heavy atom. The van der Waals surface area contributed by atoms with E-state index in [-0.39, 0.29) is 0 Å². The Morgan fingerprint density at radius 2 is 1.96 bits per heavy atom. The summed E-state index contributed by atoms with van der Waals surface area (Å²) >= 11 is 13.6. The summed E-state index contributed by atoms with van der Waals surface area (Å²) in [5, 5.41) is 13.2. The second-order valence-corrected chi connectivity index (χ2v) is 7.39. The minimum Gasteiger partial charge on any atom is -0.235 e. The summed E-state index contributed by atoms with van der Waals surface area (Å²) in [5.74, 6) is 0. The summed E-state index contributed by atoms with van der Waals surface area (Å²) in [4.78, 5) is 4.64. The first kappa shape index (κ1) is 17.7. The van der Waals surface area contributed by atoms with Crippen molar-refractivity contribution in [2.75, 3.05) is 0 Å². The molecule has 124 valence electrons. The fourth-order valence-corrected chi connectivity index (χ4v) is 3.79. The average molecular weight is 385 g/mol. The molecule has 1 aromatic heterocycles. The Bertz CT molecular complexity index is 1010. The first-order chi connectivity index (χ1) is 12.0. The van der Waals surface area contributed by atoms with Crippen LogP contribution in [0.3, 0.4) is 0 Å². The fourth-order valence-electron chi connectivity index (χ4n) is 2.54. The van der Waals surface area contributed by atoms with E-state index in [0.29, 0.717) is 20.6 Å². The molecular weight excluding hydrogens is 371 g/mol. The molecule has 3 aromatic rings. The maximum absolute atomic E-state index is 9.54. The van der Waals surface area contributed by atoms with Gasteiger partial charge >= 0.3 is 0 Å². The van der Waals surface area contributed by atoms with Gasteiger partial charge in [0, 0.05) is 21.0 Å². The summed E-state index contributed by atoms with van der Waals surface area (Å²) in [6.45, 7) is 4.13. The highest BCUT2D eigenvalue weighted by molar-refractivity contribution is 7.11. The highest BCUT2D eigenvalue weighted by Gasteiger charge is 2.11. The maximum atomic E-state index is 9.54. The Hall–Kier alpha value is -2.12. The monoisotopic (exact) mass is 384 g/mol. The Balaban J connectivity index is 1.99. The van der Waals surface area contributed by atoms with Gasteiger partial charge in [-0.25, -0.2) is 4.98 Å². The first-order valence-electron chi connectivity index (χ1n) is 7.58. The van der Waals surface area contributed by atoms with Gasteiger partial charge in [-0.1, -0.05) is 53.0 Å². The van der Waals surface area contributed by atoms with E-state index in [1.54, 1.807) is 24.3 Å². The number of benzene rings is 2. The van der Waals surface area contributed by atoms with E-state index in [1.807, 2.05) is 5.38 Å². The third-order valence-electron chi connectivity index (χ3n) is 3.78. The van der Waals surface area contributed by atoms with Gasteiger partial charge in [-0.15, -0.1) is 11.3 Å². The molecule has 0 saturated heterocycles. The van der Waals surface area contributed by atoms with E-state index in [4.69, 9.17) is 23.2 Å². The van der Waals surface area contributed by atoms with Gasteiger partial charge in [-0.2, -0.15) is 5.26 Å². The van der Waals surface area contributed by atoms with Crippen molar-refractivity contribution in [2.45, 2.75) is 13.8 Å². The van der Waals surface area contributed by atoms with Crippen LogP contribution in [-0.4, -0.2) is 4.98 Å². The maximum Gasteiger partial charge on any atom is 0.134 e. The number of thiazole rings is 1. The molecule has 0 amide bonds. The van der Waals surface area contributed by atoms with E-state index in [1.165, 1.54) is 22.5 Å². The van der Waals surface area contributed by atoms with Crippen LogP contribution >= 0.6 is 34.5 Å². The molecule has 0 fully saturated rings. The number of aryl methyl sites for hydroxylation is 2. The molecule has 0 radical (unpaired) electrons. The van der Waals surface area contributed by atoms with Crippen molar-refractivity contribution in [3.8, 4) is 17.3 Å². The largest absolute Gasteiger partial charge is 0.235 e. The lowest BCUT2D eigenvalue weighted by molar-refractivity contribution is 1.32. The van der Waals surface area contributed by atoms with Gasteiger partial charge in [0.05, 0.1) is 11.3 Å². The van der Waals surface area contributed by atoms with E-state index in [2.05, 4.69) is 43.1 Å². The normalized spacial score (nSPS) is 11.4. The Morgan fingerprint density at radius 1 is 1.16 bits per heavy atom. The minimum absolute atomic E-state index is 0.477. The number of nitrogens with zero attached hydrogens (tertiary/aromatic N) is 2. The second-order valence-electron chi connectivity index (χ2n) is 5.69. The van der Waals surface area contributed by atoms with Crippen LogP contribution in [0.5, 0.6) is 0 Å². The van der Waals surface area contributed by atoms with Crippen molar-refractivity contribution >= 4 is 46.2 Å². The van der Waals surface area contributed by atoms with Crippen molar-refractivity contribution in [1.29, 1.82) is 5.26 Å². The highest BCUT2D eigenvalue weighted by atomic mass is 35.5. The van der Waals surface area contributed by atoms with Crippen LogP contribution in [-0.2, 0) is 0 Å². The molecule has 2 nitrogen and oxygen atoms in total. The SMILES string of the molecule is Cc1ccc(-c2csc(/C(C#N)=C/c3ccc(Cl)cc3Cl)n2)c(C)c1. The van der Waals surface area contributed by atoms with Crippen molar-refractivity contribution in [3.05, 3.63) is 73.5 Å². The Kier molecular flexibility index (Phi) is 5.24. The van der Waals surface area contributed by atoms with Crippen LogP contribution in [0.4, 0.5) is 0 Å². The molecule has 0 unspecified atom stereocenters. The van der Waals surface area contributed by atoms with Gasteiger partial charge in [0.25, 0.3) is 0 Å². The quantitative estimate of drug-likeness (QED) is 0.465. The number of halogens is 2. The van der Waals surface area contributed by atoms with Crippen molar-refractivity contribution in [2.24, 2.45) is 0 Å². The molecule has 0 saturated carbocycles. The summed E-state index contributed by atoms with van der Waals surface area (Å²) in [6.07, 6.45) is 1.74. The lowest BCUT2D eigenvalue weighted by atomic mass is 10.0. The average Bonchev–Trinajstić information content (AvgIpc) is 3.03. The summed E-state index contributed by atoms with van der Waals surface area (Å²) < 4.78 is 0. The third kappa shape index (κ3) is 3.93. The lowest BCUT2D eigenvalue weighted by Crippen LogP contribution is -1.87. The fraction of sp³-hybridized carbons (Fsp3) is 0.100. The van der Waals surface area contributed by atoms with E-state index >= 15 is 0 Å². The van der Waals surface area contributed by atoms with Crippen LogP contribution in [0.25, 0.3) is 22.9 Å². The second kappa shape index (κ2) is 7.41. The van der Waals surface area contributed by atoms with Gasteiger partial charge in [-0.05, 0) is 43.2 Å². The lowest BCUT2D eigenvalue weighted by Gasteiger charge is -2.03. The molecule has 0 N–H and O–H groups in total. The van der Waals surface area contributed by atoms with Crippen LogP contribution < -0.4 is 0 Å². The molecule has 0 spiro atoms. The predicted molar refractivity (Wildman–Crippen MR) is 107 cm³/mol. The van der Waals surface area contributed by atoms with Gasteiger partial charge in [-0.3, -0.25) is 0 Å². The third-order valence-corrected chi connectivity index (χ3v) is 5.21. The van der Waals surface area contributed by atoms with Crippen LogP contribution in [0.1, 0.15) is 21.7 Å². The van der Waals surface area contributed by atoms with E-state index in [9.17, 15) is 5.26 Å². The number of hydrogen-bond donors (Lipinski definition) is 0. The van der Waals surface area contributed by atoms with Crippen molar-refractivity contribution in [3.63, 3.8) is 0 Å².